The maximum Gasteiger partial charge on any atom is 0.191 e. The Hall–Kier alpha value is -1.87. The molecule has 1 heterocycles. The molecule has 2 aromatic rings. The molecule has 1 aromatic carbocycles. The van der Waals surface area contributed by atoms with Crippen molar-refractivity contribution in [2.24, 2.45) is 0 Å². The fourth-order valence-corrected chi connectivity index (χ4v) is 1.63. The Morgan fingerprint density at radius 2 is 2.00 bits per heavy atom. The van der Waals surface area contributed by atoms with Crippen LogP contribution in [0.3, 0.4) is 0 Å². The van der Waals surface area contributed by atoms with E-state index in [9.17, 15) is 4.79 Å². The predicted molar refractivity (Wildman–Crippen MR) is 68.5 cm³/mol. The first-order chi connectivity index (χ1) is 8.66. The predicted octanol–water partition coefficient (Wildman–Crippen LogP) is 3.38. The van der Waals surface area contributed by atoms with Gasteiger partial charge in [0, 0.05) is 5.56 Å². The van der Waals surface area contributed by atoms with Crippen molar-refractivity contribution in [3.8, 4) is 0 Å². The third-order valence-electron chi connectivity index (χ3n) is 2.76. The Labute approximate surface area is 106 Å². The van der Waals surface area contributed by atoms with Gasteiger partial charge in [-0.1, -0.05) is 29.8 Å². The maximum absolute atomic E-state index is 12.1. The summed E-state index contributed by atoms with van der Waals surface area (Å²) < 4.78 is 10.6. The highest BCUT2D eigenvalue weighted by Crippen LogP contribution is 2.10. The Morgan fingerprint density at radius 1 is 1.28 bits per heavy atom. The topological polar surface area (TPSA) is 39.4 Å². The van der Waals surface area contributed by atoms with Gasteiger partial charge in [0.15, 0.2) is 5.78 Å². The Bertz CT molecular complexity index is 497. The van der Waals surface area contributed by atoms with E-state index in [1.54, 1.807) is 19.3 Å². The minimum absolute atomic E-state index is 0.0124. The first-order valence-electron chi connectivity index (χ1n) is 5.91. The number of Topliss-reactive ketones (excluding diaryl/α,β-unsaturated/α-hetero) is 1. The molecule has 0 N–H and O–H groups in total. The quantitative estimate of drug-likeness (QED) is 0.757. The average Bonchev–Trinajstić information content (AvgIpc) is 2.89. The normalized spacial score (nSPS) is 12.3. The maximum atomic E-state index is 12.1. The number of carbonyl (C=O) groups is 1. The van der Waals surface area contributed by atoms with Crippen molar-refractivity contribution in [2.75, 3.05) is 0 Å². The van der Waals surface area contributed by atoms with Crippen molar-refractivity contribution >= 4 is 5.78 Å². The van der Waals surface area contributed by atoms with Crippen molar-refractivity contribution in [3.63, 3.8) is 0 Å². The third kappa shape index (κ3) is 3.08. The first-order valence-corrected chi connectivity index (χ1v) is 5.91. The zero-order valence-corrected chi connectivity index (χ0v) is 10.6. The van der Waals surface area contributed by atoms with Gasteiger partial charge in [0.1, 0.15) is 18.5 Å². The van der Waals surface area contributed by atoms with Crippen LogP contribution in [0.2, 0.25) is 0 Å². The lowest BCUT2D eigenvalue weighted by molar-refractivity contribution is 0.0357. The Balaban J connectivity index is 1.94. The minimum Gasteiger partial charge on any atom is -0.467 e. The van der Waals surface area contributed by atoms with Crippen LogP contribution < -0.4 is 0 Å². The Morgan fingerprint density at radius 3 is 2.61 bits per heavy atom. The molecule has 18 heavy (non-hydrogen) atoms. The highest BCUT2D eigenvalue weighted by Gasteiger charge is 2.15. The van der Waals surface area contributed by atoms with Gasteiger partial charge < -0.3 is 9.15 Å². The summed E-state index contributed by atoms with van der Waals surface area (Å²) in [4.78, 5) is 12.1. The zero-order chi connectivity index (χ0) is 13.0. The number of hydrogen-bond donors (Lipinski definition) is 0. The van der Waals surface area contributed by atoms with E-state index in [0.29, 0.717) is 12.2 Å². The summed E-state index contributed by atoms with van der Waals surface area (Å²) in [6, 6.07) is 11.1. The van der Waals surface area contributed by atoms with E-state index in [2.05, 4.69) is 0 Å². The molecule has 0 bridgehead atoms. The number of aryl methyl sites for hydroxylation is 1. The van der Waals surface area contributed by atoms with Crippen LogP contribution in [0.4, 0.5) is 0 Å². The van der Waals surface area contributed by atoms with Gasteiger partial charge in [-0.3, -0.25) is 4.79 Å². The summed E-state index contributed by atoms with van der Waals surface area (Å²) >= 11 is 0. The summed E-state index contributed by atoms with van der Waals surface area (Å²) in [5.74, 6) is 0.708. The van der Waals surface area contributed by atoms with E-state index in [1.807, 2.05) is 37.3 Å². The number of benzene rings is 1. The molecule has 3 heteroatoms. The van der Waals surface area contributed by atoms with Gasteiger partial charge in [0.25, 0.3) is 0 Å². The van der Waals surface area contributed by atoms with Crippen molar-refractivity contribution in [1.29, 1.82) is 0 Å². The van der Waals surface area contributed by atoms with Crippen LogP contribution in [0.15, 0.2) is 47.1 Å². The highest BCUT2D eigenvalue weighted by molar-refractivity contribution is 5.99. The second kappa shape index (κ2) is 5.65. The molecule has 1 aromatic heterocycles. The smallest absolute Gasteiger partial charge is 0.191 e. The molecule has 0 saturated carbocycles. The Kier molecular flexibility index (Phi) is 3.95. The molecule has 0 amide bonds. The molecule has 0 aliphatic rings. The van der Waals surface area contributed by atoms with Crippen LogP contribution in [0.25, 0.3) is 0 Å². The highest BCUT2D eigenvalue weighted by atomic mass is 16.5. The van der Waals surface area contributed by atoms with Gasteiger partial charge in [-0.25, -0.2) is 0 Å². The van der Waals surface area contributed by atoms with E-state index in [-0.39, 0.29) is 5.78 Å². The SMILES string of the molecule is Cc1ccc(C(=O)C(C)OCc2ccco2)cc1. The average molecular weight is 244 g/mol. The molecular formula is C15H16O3. The van der Waals surface area contributed by atoms with Gasteiger partial charge in [0.2, 0.25) is 0 Å². The van der Waals surface area contributed by atoms with E-state index >= 15 is 0 Å². The molecular weight excluding hydrogens is 228 g/mol. The molecule has 0 radical (unpaired) electrons. The summed E-state index contributed by atoms with van der Waals surface area (Å²) in [6.45, 7) is 4.06. The van der Waals surface area contributed by atoms with Gasteiger partial charge >= 0.3 is 0 Å². The number of rotatable bonds is 5. The van der Waals surface area contributed by atoms with Crippen LogP contribution in [0, 0.1) is 6.92 Å². The lowest BCUT2D eigenvalue weighted by Crippen LogP contribution is -2.20. The van der Waals surface area contributed by atoms with Crippen LogP contribution >= 0.6 is 0 Å². The van der Waals surface area contributed by atoms with E-state index in [0.717, 1.165) is 11.3 Å². The first kappa shape index (κ1) is 12.6. The van der Waals surface area contributed by atoms with Crippen LogP contribution in [0.1, 0.15) is 28.6 Å². The summed E-state index contributed by atoms with van der Waals surface area (Å²) in [5.41, 5.74) is 1.81. The summed E-state index contributed by atoms with van der Waals surface area (Å²) in [5, 5.41) is 0. The molecule has 1 atom stereocenters. The van der Waals surface area contributed by atoms with Gasteiger partial charge in [-0.15, -0.1) is 0 Å². The van der Waals surface area contributed by atoms with Gasteiger partial charge in [-0.2, -0.15) is 0 Å². The molecule has 0 aliphatic heterocycles. The van der Waals surface area contributed by atoms with Gasteiger partial charge in [-0.05, 0) is 26.0 Å². The van der Waals surface area contributed by atoms with Crippen molar-refractivity contribution < 1.29 is 13.9 Å². The van der Waals surface area contributed by atoms with Gasteiger partial charge in [0.05, 0.1) is 6.26 Å². The standard InChI is InChI=1S/C15H16O3/c1-11-5-7-13(8-6-11)15(16)12(2)18-10-14-4-3-9-17-14/h3-9,12H,10H2,1-2H3. The number of carbonyl (C=O) groups excluding carboxylic acids is 1. The molecule has 0 aliphatic carbocycles. The fraction of sp³-hybridized carbons (Fsp3) is 0.267. The monoisotopic (exact) mass is 244 g/mol. The molecule has 1 unspecified atom stereocenters. The molecule has 0 saturated heterocycles. The largest absolute Gasteiger partial charge is 0.467 e. The van der Waals surface area contributed by atoms with E-state index in [4.69, 9.17) is 9.15 Å². The zero-order valence-electron chi connectivity index (χ0n) is 10.6. The second-order valence-corrected chi connectivity index (χ2v) is 4.26. The second-order valence-electron chi connectivity index (χ2n) is 4.26. The molecule has 0 spiro atoms. The summed E-state index contributed by atoms with van der Waals surface area (Å²) in [7, 11) is 0. The van der Waals surface area contributed by atoms with E-state index in [1.165, 1.54) is 0 Å². The fourth-order valence-electron chi connectivity index (χ4n) is 1.63. The number of ketones is 1. The van der Waals surface area contributed by atoms with Crippen LogP contribution in [-0.2, 0) is 11.3 Å². The number of ether oxygens (including phenoxy) is 1. The molecule has 94 valence electrons. The van der Waals surface area contributed by atoms with Crippen LogP contribution in [0.5, 0.6) is 0 Å². The van der Waals surface area contributed by atoms with Crippen molar-refractivity contribution in [2.45, 2.75) is 26.6 Å². The third-order valence-corrected chi connectivity index (χ3v) is 2.76. The lowest BCUT2D eigenvalue weighted by Gasteiger charge is -2.11. The minimum atomic E-state index is -0.474. The van der Waals surface area contributed by atoms with Crippen molar-refractivity contribution in [3.05, 3.63) is 59.5 Å². The van der Waals surface area contributed by atoms with Crippen molar-refractivity contribution in [1.82, 2.24) is 0 Å². The molecule has 2 rings (SSSR count). The number of hydrogen-bond acceptors (Lipinski definition) is 3. The lowest BCUT2D eigenvalue weighted by atomic mass is 10.1. The number of furan rings is 1. The molecule has 0 fully saturated rings. The summed E-state index contributed by atoms with van der Waals surface area (Å²) in [6.07, 6.45) is 1.11. The van der Waals surface area contributed by atoms with Crippen LogP contribution in [-0.4, -0.2) is 11.9 Å². The van der Waals surface area contributed by atoms with E-state index < -0.39 is 6.10 Å². The molecule has 3 nitrogen and oxygen atoms in total.